The van der Waals surface area contributed by atoms with Crippen LogP contribution in [-0.4, -0.2) is 50.7 Å². The Labute approximate surface area is 197 Å². The number of amidine groups is 1. The maximum atomic E-state index is 12.9. The molecule has 1 atom stereocenters. The second kappa shape index (κ2) is 9.96. The molecule has 10 heteroatoms. The summed E-state index contributed by atoms with van der Waals surface area (Å²) in [6, 6.07) is 13.5. The van der Waals surface area contributed by atoms with Crippen LogP contribution in [0.25, 0.3) is 0 Å². The Hall–Kier alpha value is -2.85. The van der Waals surface area contributed by atoms with Crippen molar-refractivity contribution in [3.8, 4) is 0 Å². The van der Waals surface area contributed by atoms with E-state index >= 15 is 0 Å². The molecule has 0 aromatic heterocycles. The van der Waals surface area contributed by atoms with E-state index in [4.69, 9.17) is 0 Å². The molecule has 0 radical (unpaired) electrons. The van der Waals surface area contributed by atoms with Crippen LogP contribution in [0.15, 0.2) is 58.4 Å². The van der Waals surface area contributed by atoms with E-state index in [1.165, 1.54) is 6.07 Å². The first-order valence-corrected chi connectivity index (χ1v) is 13.6. The second-order valence-corrected chi connectivity index (χ2v) is 10.5. The van der Waals surface area contributed by atoms with Gasteiger partial charge < -0.3 is 10.2 Å². The molecule has 0 saturated carbocycles. The minimum absolute atomic E-state index is 0.135. The van der Waals surface area contributed by atoms with E-state index < -0.39 is 16.1 Å². The standard InChI is InChI=1S/C23H26N4O4S2/c1-32-14-12-19(25-22-18-5-2-3-6-20(18)33(30,31)26-22)23(29)24-15-16-8-10-17(11-9-16)27-13-4-7-21(27)28/h2-3,5-6,8-11,19H,4,7,12-15H2,1H3,(H,24,29)(H,25,26)/t19-/m1/s1. The molecule has 0 unspecified atom stereocenters. The predicted octanol–water partition coefficient (Wildman–Crippen LogP) is 2.29. The summed E-state index contributed by atoms with van der Waals surface area (Å²) in [5, 5.41) is 2.91. The molecule has 2 aliphatic rings. The smallest absolute Gasteiger partial charge is 0.263 e. The minimum atomic E-state index is -3.66. The van der Waals surface area contributed by atoms with Crippen LogP contribution in [0.3, 0.4) is 0 Å². The molecule has 33 heavy (non-hydrogen) atoms. The van der Waals surface area contributed by atoms with Crippen molar-refractivity contribution in [2.75, 3.05) is 23.5 Å². The van der Waals surface area contributed by atoms with Crippen molar-refractivity contribution in [1.29, 1.82) is 0 Å². The fourth-order valence-electron chi connectivity index (χ4n) is 3.89. The zero-order chi connectivity index (χ0) is 23.4. The largest absolute Gasteiger partial charge is 0.350 e. The first-order chi connectivity index (χ1) is 15.9. The third kappa shape index (κ3) is 5.22. The van der Waals surface area contributed by atoms with Gasteiger partial charge in [-0.05, 0) is 54.7 Å². The number of aliphatic imine (C=N–C) groups is 1. The maximum absolute atomic E-state index is 12.9. The van der Waals surface area contributed by atoms with Gasteiger partial charge in [-0.25, -0.2) is 8.42 Å². The third-order valence-corrected chi connectivity index (χ3v) is 7.67. The second-order valence-electron chi connectivity index (χ2n) is 7.91. The number of hydrogen-bond acceptors (Lipinski definition) is 6. The molecule has 0 spiro atoms. The van der Waals surface area contributed by atoms with Gasteiger partial charge in [0.25, 0.3) is 10.0 Å². The Morgan fingerprint density at radius 2 is 1.97 bits per heavy atom. The normalized spacial score (nSPS) is 18.8. The zero-order valence-electron chi connectivity index (χ0n) is 18.3. The quantitative estimate of drug-likeness (QED) is 0.595. The van der Waals surface area contributed by atoms with Crippen LogP contribution >= 0.6 is 11.8 Å². The number of anilines is 1. The number of fused-ring (bicyclic) bond motifs is 1. The molecule has 2 N–H and O–H groups in total. The average Bonchev–Trinajstić information content (AvgIpc) is 3.35. The van der Waals surface area contributed by atoms with Gasteiger partial charge in [0.2, 0.25) is 11.8 Å². The van der Waals surface area contributed by atoms with Gasteiger partial charge in [0.15, 0.2) is 0 Å². The van der Waals surface area contributed by atoms with Gasteiger partial charge in [0.1, 0.15) is 11.9 Å². The lowest BCUT2D eigenvalue weighted by molar-refractivity contribution is -0.122. The lowest BCUT2D eigenvalue weighted by Crippen LogP contribution is -2.35. The van der Waals surface area contributed by atoms with E-state index in [1.807, 2.05) is 30.5 Å². The van der Waals surface area contributed by atoms with E-state index in [1.54, 1.807) is 34.9 Å². The fourth-order valence-corrected chi connectivity index (χ4v) is 5.59. The van der Waals surface area contributed by atoms with Crippen LogP contribution in [-0.2, 0) is 26.2 Å². The molecule has 2 aliphatic heterocycles. The number of nitrogens with one attached hydrogen (secondary N) is 2. The van der Waals surface area contributed by atoms with E-state index in [-0.39, 0.29) is 22.5 Å². The minimum Gasteiger partial charge on any atom is -0.350 e. The highest BCUT2D eigenvalue weighted by molar-refractivity contribution is 7.98. The van der Waals surface area contributed by atoms with Gasteiger partial charge in [-0.2, -0.15) is 11.8 Å². The van der Waals surface area contributed by atoms with E-state index in [0.717, 1.165) is 24.2 Å². The Balaban J connectivity index is 1.45. The predicted molar refractivity (Wildman–Crippen MR) is 130 cm³/mol. The summed E-state index contributed by atoms with van der Waals surface area (Å²) in [7, 11) is -3.66. The van der Waals surface area contributed by atoms with Crippen molar-refractivity contribution in [3.05, 3.63) is 59.7 Å². The Bertz CT molecular complexity index is 1180. The molecule has 2 aromatic carbocycles. The number of hydrogen-bond donors (Lipinski definition) is 2. The van der Waals surface area contributed by atoms with Crippen molar-refractivity contribution < 1.29 is 18.0 Å². The van der Waals surface area contributed by atoms with Gasteiger partial charge >= 0.3 is 0 Å². The van der Waals surface area contributed by atoms with E-state index in [0.29, 0.717) is 30.7 Å². The molecule has 1 fully saturated rings. The first kappa shape index (κ1) is 23.3. The molecule has 0 aliphatic carbocycles. The molecule has 2 aromatic rings. The first-order valence-electron chi connectivity index (χ1n) is 10.7. The number of rotatable bonds is 8. The zero-order valence-corrected chi connectivity index (χ0v) is 19.9. The van der Waals surface area contributed by atoms with Crippen LogP contribution in [0, 0.1) is 0 Å². The van der Waals surface area contributed by atoms with Crippen LogP contribution in [0.5, 0.6) is 0 Å². The van der Waals surface area contributed by atoms with Crippen molar-refractivity contribution >= 4 is 45.1 Å². The number of carbonyl (C=O) groups excluding carboxylic acids is 2. The molecule has 174 valence electrons. The molecular formula is C23H26N4O4S2. The number of thioether (sulfide) groups is 1. The fraction of sp³-hybridized carbons (Fsp3) is 0.348. The third-order valence-electron chi connectivity index (χ3n) is 5.63. The topological polar surface area (TPSA) is 108 Å². The molecule has 2 heterocycles. The number of carbonyl (C=O) groups is 2. The number of benzene rings is 2. The summed E-state index contributed by atoms with van der Waals surface area (Å²) >= 11 is 1.60. The highest BCUT2D eigenvalue weighted by Gasteiger charge is 2.31. The van der Waals surface area contributed by atoms with E-state index in [9.17, 15) is 18.0 Å². The lowest BCUT2D eigenvalue weighted by atomic mass is 10.1. The summed E-state index contributed by atoms with van der Waals surface area (Å²) in [4.78, 5) is 31.3. The van der Waals surface area contributed by atoms with E-state index in [2.05, 4.69) is 15.0 Å². The van der Waals surface area contributed by atoms with Crippen LogP contribution in [0.2, 0.25) is 0 Å². The summed E-state index contributed by atoms with van der Waals surface area (Å²) in [5.74, 6) is 0.781. The SMILES string of the molecule is CSCC[C@@H](N=C1NS(=O)(=O)c2ccccc21)C(=O)NCc1ccc(N2CCCC2=O)cc1. The van der Waals surface area contributed by atoms with Gasteiger partial charge in [-0.3, -0.25) is 19.3 Å². The van der Waals surface area contributed by atoms with Crippen LogP contribution < -0.4 is 14.9 Å². The Morgan fingerprint density at radius 1 is 1.21 bits per heavy atom. The van der Waals surface area contributed by atoms with Gasteiger partial charge in [0.05, 0.1) is 4.90 Å². The van der Waals surface area contributed by atoms with Crippen LogP contribution in [0.1, 0.15) is 30.4 Å². The van der Waals surface area contributed by atoms with Crippen LogP contribution in [0.4, 0.5) is 5.69 Å². The van der Waals surface area contributed by atoms with Crippen molar-refractivity contribution in [1.82, 2.24) is 10.0 Å². The molecular weight excluding hydrogens is 460 g/mol. The summed E-state index contributed by atoms with van der Waals surface area (Å²) < 4.78 is 27.2. The van der Waals surface area contributed by atoms with Gasteiger partial charge in [0, 0.05) is 30.8 Å². The maximum Gasteiger partial charge on any atom is 0.263 e. The Morgan fingerprint density at radius 3 is 2.67 bits per heavy atom. The van der Waals surface area contributed by atoms with Crippen molar-refractivity contribution in [2.24, 2.45) is 4.99 Å². The highest BCUT2D eigenvalue weighted by Crippen LogP contribution is 2.24. The molecule has 1 saturated heterocycles. The number of nitrogens with zero attached hydrogens (tertiary/aromatic N) is 2. The molecule has 4 rings (SSSR count). The summed E-state index contributed by atoms with van der Waals surface area (Å²) in [5.41, 5.74) is 2.25. The van der Waals surface area contributed by atoms with Gasteiger partial charge in [-0.15, -0.1) is 0 Å². The summed E-state index contributed by atoms with van der Waals surface area (Å²) in [6.45, 7) is 1.05. The van der Waals surface area contributed by atoms with Crippen molar-refractivity contribution in [3.63, 3.8) is 0 Å². The molecule has 2 amide bonds. The molecule has 0 bridgehead atoms. The monoisotopic (exact) mass is 486 g/mol. The average molecular weight is 487 g/mol. The molecule has 8 nitrogen and oxygen atoms in total. The number of amides is 2. The Kier molecular flexibility index (Phi) is 7.04. The van der Waals surface area contributed by atoms with Crippen molar-refractivity contribution in [2.45, 2.75) is 36.7 Å². The highest BCUT2D eigenvalue weighted by atomic mass is 32.2. The van der Waals surface area contributed by atoms with Gasteiger partial charge in [-0.1, -0.05) is 24.3 Å². The summed E-state index contributed by atoms with van der Waals surface area (Å²) in [6.07, 6.45) is 3.88. The number of sulfonamides is 1. The lowest BCUT2D eigenvalue weighted by Gasteiger charge is -2.17.